The monoisotopic (exact) mass is 297 g/mol. The molecule has 1 aromatic carbocycles. The maximum absolute atomic E-state index is 5.41. The smallest absolute Gasteiger partial charge is 0.230 e. The molecule has 22 heavy (non-hydrogen) atoms. The Morgan fingerprint density at radius 3 is 2.68 bits per heavy atom. The number of hydrogen-bond acceptors (Lipinski definition) is 5. The van der Waals surface area contributed by atoms with Gasteiger partial charge < -0.3 is 8.98 Å². The van der Waals surface area contributed by atoms with Gasteiger partial charge in [-0.05, 0) is 12.6 Å². The van der Waals surface area contributed by atoms with Gasteiger partial charge in [0.1, 0.15) is 5.82 Å². The molecule has 0 aliphatic rings. The molecule has 0 amide bonds. The van der Waals surface area contributed by atoms with Gasteiger partial charge in [-0.15, -0.1) is 10.2 Å². The highest BCUT2D eigenvalue weighted by molar-refractivity contribution is 5.15. The minimum absolute atomic E-state index is 0.592. The van der Waals surface area contributed by atoms with E-state index in [2.05, 4.69) is 48.9 Å². The standard InChI is InChI=1S/C16H19N5O/c1-13-18-19-16(22-13)12-20(2)11-15-17-8-9-21(15)10-14-6-4-3-5-7-14/h3-9H,10-12H2,1-2H3. The van der Waals surface area contributed by atoms with Crippen molar-refractivity contribution in [3.05, 3.63) is 65.9 Å². The van der Waals surface area contributed by atoms with Crippen LogP contribution in [0.15, 0.2) is 47.1 Å². The lowest BCUT2D eigenvalue weighted by atomic mass is 10.2. The Balaban J connectivity index is 1.64. The minimum atomic E-state index is 0.592. The Hall–Kier alpha value is -2.47. The molecular formula is C16H19N5O. The molecule has 114 valence electrons. The van der Waals surface area contributed by atoms with Crippen molar-refractivity contribution in [2.24, 2.45) is 0 Å². The zero-order valence-corrected chi connectivity index (χ0v) is 12.8. The van der Waals surface area contributed by atoms with Crippen molar-refractivity contribution < 1.29 is 4.42 Å². The molecule has 0 saturated heterocycles. The van der Waals surface area contributed by atoms with Gasteiger partial charge in [-0.2, -0.15) is 0 Å². The van der Waals surface area contributed by atoms with Crippen LogP contribution in [0.5, 0.6) is 0 Å². The average molecular weight is 297 g/mol. The van der Waals surface area contributed by atoms with E-state index in [1.54, 1.807) is 6.92 Å². The van der Waals surface area contributed by atoms with Crippen molar-refractivity contribution in [1.82, 2.24) is 24.6 Å². The van der Waals surface area contributed by atoms with Crippen LogP contribution < -0.4 is 0 Å². The molecule has 0 aliphatic heterocycles. The van der Waals surface area contributed by atoms with E-state index < -0.39 is 0 Å². The Morgan fingerprint density at radius 1 is 1.14 bits per heavy atom. The predicted molar refractivity (Wildman–Crippen MR) is 82.0 cm³/mol. The second kappa shape index (κ2) is 6.53. The van der Waals surface area contributed by atoms with E-state index in [4.69, 9.17) is 4.42 Å². The summed E-state index contributed by atoms with van der Waals surface area (Å²) in [6, 6.07) is 10.4. The molecule has 0 unspecified atom stereocenters. The van der Waals surface area contributed by atoms with Crippen LogP contribution in [0.1, 0.15) is 23.2 Å². The first-order valence-electron chi connectivity index (χ1n) is 7.22. The van der Waals surface area contributed by atoms with Crippen molar-refractivity contribution in [3.8, 4) is 0 Å². The summed E-state index contributed by atoms with van der Waals surface area (Å²) >= 11 is 0. The van der Waals surface area contributed by atoms with Crippen LogP contribution >= 0.6 is 0 Å². The normalized spacial score (nSPS) is 11.2. The molecule has 0 aliphatic carbocycles. The Bertz CT molecular complexity index is 719. The van der Waals surface area contributed by atoms with Gasteiger partial charge in [0.05, 0.1) is 13.1 Å². The maximum Gasteiger partial charge on any atom is 0.230 e. The summed E-state index contributed by atoms with van der Waals surface area (Å²) in [6.45, 7) is 3.95. The molecule has 0 fully saturated rings. The molecule has 0 spiro atoms. The van der Waals surface area contributed by atoms with Crippen LogP contribution in [0.3, 0.4) is 0 Å². The fourth-order valence-corrected chi connectivity index (χ4v) is 2.35. The highest BCUT2D eigenvalue weighted by atomic mass is 16.4. The number of aromatic nitrogens is 4. The van der Waals surface area contributed by atoms with E-state index in [-0.39, 0.29) is 0 Å². The predicted octanol–water partition coefficient (Wildman–Crippen LogP) is 2.25. The lowest BCUT2D eigenvalue weighted by Gasteiger charge is -2.15. The molecule has 3 rings (SSSR count). The highest BCUT2D eigenvalue weighted by Crippen LogP contribution is 2.09. The maximum atomic E-state index is 5.41. The Labute approximate surface area is 129 Å². The molecule has 0 N–H and O–H groups in total. The van der Waals surface area contributed by atoms with E-state index in [0.29, 0.717) is 18.3 Å². The number of nitrogens with zero attached hydrogens (tertiary/aromatic N) is 5. The average Bonchev–Trinajstić information content (AvgIpc) is 3.10. The van der Waals surface area contributed by atoms with Crippen LogP contribution in [0.4, 0.5) is 0 Å². The van der Waals surface area contributed by atoms with Gasteiger partial charge >= 0.3 is 0 Å². The van der Waals surface area contributed by atoms with Crippen LogP contribution in [-0.4, -0.2) is 31.7 Å². The summed E-state index contributed by atoms with van der Waals surface area (Å²) in [5.74, 6) is 2.23. The van der Waals surface area contributed by atoms with E-state index in [1.165, 1.54) is 5.56 Å². The van der Waals surface area contributed by atoms with Gasteiger partial charge in [0.2, 0.25) is 11.8 Å². The van der Waals surface area contributed by atoms with Crippen LogP contribution in [0, 0.1) is 6.92 Å². The molecule has 2 aromatic heterocycles. The largest absolute Gasteiger partial charge is 0.424 e. The van der Waals surface area contributed by atoms with Crippen LogP contribution in [0.2, 0.25) is 0 Å². The summed E-state index contributed by atoms with van der Waals surface area (Å²) in [4.78, 5) is 6.56. The van der Waals surface area contributed by atoms with Crippen molar-refractivity contribution in [3.63, 3.8) is 0 Å². The summed E-state index contributed by atoms with van der Waals surface area (Å²) in [5.41, 5.74) is 1.26. The van der Waals surface area contributed by atoms with E-state index in [9.17, 15) is 0 Å². The van der Waals surface area contributed by atoms with Gasteiger partial charge in [-0.3, -0.25) is 4.90 Å². The van der Waals surface area contributed by atoms with Crippen LogP contribution in [0.25, 0.3) is 0 Å². The molecular weight excluding hydrogens is 278 g/mol. The third-order valence-electron chi connectivity index (χ3n) is 3.38. The summed E-state index contributed by atoms with van der Waals surface area (Å²) in [7, 11) is 2.01. The minimum Gasteiger partial charge on any atom is -0.424 e. The fraction of sp³-hybridized carbons (Fsp3) is 0.312. The van der Waals surface area contributed by atoms with E-state index in [1.807, 2.05) is 25.5 Å². The second-order valence-electron chi connectivity index (χ2n) is 5.34. The lowest BCUT2D eigenvalue weighted by Crippen LogP contribution is -2.20. The third kappa shape index (κ3) is 3.59. The zero-order chi connectivity index (χ0) is 15.4. The molecule has 0 radical (unpaired) electrons. The fourth-order valence-electron chi connectivity index (χ4n) is 2.35. The number of hydrogen-bond donors (Lipinski definition) is 0. The third-order valence-corrected chi connectivity index (χ3v) is 3.38. The Kier molecular flexibility index (Phi) is 4.29. The van der Waals surface area contributed by atoms with Crippen LogP contribution in [-0.2, 0) is 19.6 Å². The first-order chi connectivity index (χ1) is 10.7. The lowest BCUT2D eigenvalue weighted by molar-refractivity contribution is 0.269. The molecule has 3 aromatic rings. The van der Waals surface area contributed by atoms with Gasteiger partial charge in [0, 0.05) is 25.9 Å². The number of imidazole rings is 1. The molecule has 2 heterocycles. The van der Waals surface area contributed by atoms with Gasteiger partial charge in [0.25, 0.3) is 0 Å². The quantitative estimate of drug-likeness (QED) is 0.698. The van der Waals surface area contributed by atoms with E-state index >= 15 is 0 Å². The van der Waals surface area contributed by atoms with Crippen molar-refractivity contribution in [1.29, 1.82) is 0 Å². The number of rotatable bonds is 6. The number of benzene rings is 1. The first-order valence-corrected chi connectivity index (χ1v) is 7.22. The summed E-state index contributed by atoms with van der Waals surface area (Å²) < 4.78 is 7.57. The van der Waals surface area contributed by atoms with Crippen molar-refractivity contribution in [2.75, 3.05) is 7.05 Å². The summed E-state index contributed by atoms with van der Waals surface area (Å²) in [5, 5.41) is 7.87. The van der Waals surface area contributed by atoms with E-state index in [0.717, 1.165) is 18.9 Å². The summed E-state index contributed by atoms with van der Waals surface area (Å²) in [6.07, 6.45) is 3.84. The molecule has 6 nitrogen and oxygen atoms in total. The van der Waals surface area contributed by atoms with Gasteiger partial charge in [-0.1, -0.05) is 30.3 Å². The Morgan fingerprint density at radius 2 is 1.95 bits per heavy atom. The topological polar surface area (TPSA) is 60.0 Å². The second-order valence-corrected chi connectivity index (χ2v) is 5.34. The zero-order valence-electron chi connectivity index (χ0n) is 12.8. The number of aryl methyl sites for hydroxylation is 1. The molecule has 0 bridgehead atoms. The van der Waals surface area contributed by atoms with Crippen molar-refractivity contribution in [2.45, 2.75) is 26.6 Å². The molecule has 0 saturated carbocycles. The first kappa shape index (κ1) is 14.5. The van der Waals surface area contributed by atoms with Gasteiger partial charge in [0.15, 0.2) is 0 Å². The molecule has 0 atom stereocenters. The SMILES string of the molecule is Cc1nnc(CN(C)Cc2nccn2Cc2ccccc2)o1. The molecule has 6 heteroatoms. The van der Waals surface area contributed by atoms with Crippen molar-refractivity contribution >= 4 is 0 Å². The van der Waals surface area contributed by atoms with Gasteiger partial charge in [-0.25, -0.2) is 4.98 Å². The highest BCUT2D eigenvalue weighted by Gasteiger charge is 2.10.